The highest BCUT2D eigenvalue weighted by Gasteiger charge is 2.28. The third kappa shape index (κ3) is 4.62. The lowest BCUT2D eigenvalue weighted by atomic mass is 9.99. The van der Waals surface area contributed by atoms with Crippen molar-refractivity contribution in [3.8, 4) is 16.9 Å². The molecule has 1 aliphatic rings. The zero-order valence-corrected chi connectivity index (χ0v) is 18.6. The average molecular weight is 439 g/mol. The van der Waals surface area contributed by atoms with E-state index in [9.17, 15) is 13.2 Å². The standard InChI is InChI=1S/C24H26N2O4S/c1-3-31(28,29)26-12-9-22(10-13-26)30-24-15-21(14-20-8-11-25-16-23(20)24)19-6-4-18(5-7-19)17(2)27/h4-8,11,14-16,22H,3,9-10,12-13H2,1-2H3. The number of fused-ring (bicyclic) bond motifs is 1. The number of aromatic nitrogens is 1. The third-order valence-electron chi connectivity index (χ3n) is 5.80. The van der Waals surface area contributed by atoms with Gasteiger partial charge in [0.2, 0.25) is 10.0 Å². The van der Waals surface area contributed by atoms with Crippen LogP contribution >= 0.6 is 0 Å². The minimum Gasteiger partial charge on any atom is -0.490 e. The van der Waals surface area contributed by atoms with E-state index in [1.807, 2.05) is 36.4 Å². The number of carbonyl (C=O) groups is 1. The van der Waals surface area contributed by atoms with Gasteiger partial charge >= 0.3 is 0 Å². The molecule has 0 bridgehead atoms. The van der Waals surface area contributed by atoms with Gasteiger partial charge in [0.25, 0.3) is 0 Å². The third-order valence-corrected chi connectivity index (χ3v) is 7.68. The van der Waals surface area contributed by atoms with Crippen molar-refractivity contribution in [3.05, 3.63) is 60.4 Å². The minimum atomic E-state index is -3.16. The summed E-state index contributed by atoms with van der Waals surface area (Å²) in [7, 11) is -3.16. The second-order valence-electron chi connectivity index (χ2n) is 7.82. The fourth-order valence-corrected chi connectivity index (χ4v) is 5.05. The number of hydrogen-bond donors (Lipinski definition) is 0. The van der Waals surface area contributed by atoms with E-state index in [-0.39, 0.29) is 17.6 Å². The molecule has 31 heavy (non-hydrogen) atoms. The zero-order chi connectivity index (χ0) is 22.0. The van der Waals surface area contributed by atoms with Gasteiger partial charge in [0.15, 0.2) is 5.78 Å². The monoisotopic (exact) mass is 438 g/mol. The van der Waals surface area contributed by atoms with Crippen molar-refractivity contribution >= 4 is 26.6 Å². The van der Waals surface area contributed by atoms with E-state index in [0.717, 1.165) is 27.6 Å². The molecule has 0 spiro atoms. The maximum absolute atomic E-state index is 12.1. The van der Waals surface area contributed by atoms with Crippen LogP contribution in [0.15, 0.2) is 54.9 Å². The van der Waals surface area contributed by atoms with Crippen LogP contribution in [0.1, 0.15) is 37.0 Å². The highest BCUT2D eigenvalue weighted by atomic mass is 32.2. The summed E-state index contributed by atoms with van der Waals surface area (Å²) in [4.78, 5) is 15.8. The van der Waals surface area contributed by atoms with E-state index in [1.54, 1.807) is 30.5 Å². The SMILES string of the molecule is CCS(=O)(=O)N1CCC(Oc2cc(-c3ccc(C(C)=O)cc3)cc3ccncc23)CC1. The number of carbonyl (C=O) groups excluding carboxylic acids is 1. The second-order valence-corrected chi connectivity index (χ2v) is 10.1. The number of ketones is 1. The maximum atomic E-state index is 12.1. The molecule has 0 N–H and O–H groups in total. The summed E-state index contributed by atoms with van der Waals surface area (Å²) in [5.41, 5.74) is 2.67. The van der Waals surface area contributed by atoms with Crippen molar-refractivity contribution < 1.29 is 17.9 Å². The first-order valence-electron chi connectivity index (χ1n) is 10.5. The van der Waals surface area contributed by atoms with Gasteiger partial charge in [0.05, 0.1) is 5.75 Å². The molecule has 4 rings (SSSR count). The van der Waals surface area contributed by atoms with Crippen molar-refractivity contribution in [1.82, 2.24) is 9.29 Å². The molecule has 3 aromatic rings. The number of nitrogens with zero attached hydrogens (tertiary/aromatic N) is 2. The van der Waals surface area contributed by atoms with Crippen LogP contribution in [0.25, 0.3) is 21.9 Å². The van der Waals surface area contributed by atoms with Crippen LogP contribution in [0, 0.1) is 0 Å². The minimum absolute atomic E-state index is 0.0385. The van der Waals surface area contributed by atoms with Gasteiger partial charge in [-0.1, -0.05) is 24.3 Å². The topological polar surface area (TPSA) is 76.6 Å². The number of piperidine rings is 1. The summed E-state index contributed by atoms with van der Waals surface area (Å²) in [5.74, 6) is 0.906. The molecule has 1 fully saturated rings. The van der Waals surface area contributed by atoms with Crippen LogP contribution in [0.3, 0.4) is 0 Å². The smallest absolute Gasteiger partial charge is 0.213 e. The first-order chi connectivity index (χ1) is 14.9. The number of hydrogen-bond acceptors (Lipinski definition) is 5. The first kappa shape index (κ1) is 21.5. The molecule has 0 saturated carbocycles. The molecule has 0 radical (unpaired) electrons. The Morgan fingerprint density at radius 2 is 1.81 bits per heavy atom. The van der Waals surface area contributed by atoms with Gasteiger partial charge in [0.1, 0.15) is 11.9 Å². The molecular weight excluding hydrogens is 412 g/mol. The largest absolute Gasteiger partial charge is 0.490 e. The molecule has 2 aromatic carbocycles. The molecule has 0 amide bonds. The molecule has 0 unspecified atom stereocenters. The summed E-state index contributed by atoms with van der Waals surface area (Å²) < 4.78 is 32.2. The van der Waals surface area contributed by atoms with Gasteiger partial charge in [-0.05, 0) is 61.4 Å². The Morgan fingerprint density at radius 1 is 1.10 bits per heavy atom. The Kier molecular flexibility index (Phi) is 6.07. The van der Waals surface area contributed by atoms with Gasteiger partial charge in [-0.15, -0.1) is 0 Å². The molecule has 1 saturated heterocycles. The fraction of sp³-hybridized carbons (Fsp3) is 0.333. The fourth-order valence-electron chi connectivity index (χ4n) is 3.92. The van der Waals surface area contributed by atoms with E-state index in [1.165, 1.54) is 0 Å². The Balaban J connectivity index is 1.61. The molecule has 1 aliphatic heterocycles. The van der Waals surface area contributed by atoms with E-state index < -0.39 is 10.0 Å². The number of pyridine rings is 1. The molecular formula is C24H26N2O4S. The molecule has 6 nitrogen and oxygen atoms in total. The number of ether oxygens (including phenoxy) is 1. The maximum Gasteiger partial charge on any atom is 0.213 e. The van der Waals surface area contributed by atoms with Crippen molar-refractivity contribution in [2.45, 2.75) is 32.8 Å². The van der Waals surface area contributed by atoms with E-state index in [4.69, 9.17) is 4.74 Å². The van der Waals surface area contributed by atoms with Crippen LogP contribution in [-0.2, 0) is 10.0 Å². The Bertz CT molecular complexity index is 1200. The number of rotatable bonds is 6. The number of sulfonamides is 1. The van der Waals surface area contributed by atoms with Crippen LogP contribution < -0.4 is 4.74 Å². The van der Waals surface area contributed by atoms with E-state index in [2.05, 4.69) is 11.1 Å². The first-order valence-corrected chi connectivity index (χ1v) is 12.1. The summed E-state index contributed by atoms with van der Waals surface area (Å²) in [6.07, 6.45) is 4.80. The lowest BCUT2D eigenvalue weighted by Crippen LogP contribution is -2.42. The Hall–Kier alpha value is -2.77. The van der Waals surface area contributed by atoms with Crippen LogP contribution in [-0.4, -0.2) is 48.4 Å². The molecule has 0 aliphatic carbocycles. The number of benzene rings is 2. The van der Waals surface area contributed by atoms with Crippen LogP contribution in [0.2, 0.25) is 0 Å². The Morgan fingerprint density at radius 3 is 2.45 bits per heavy atom. The summed E-state index contributed by atoms with van der Waals surface area (Å²) in [6.45, 7) is 4.18. The van der Waals surface area contributed by atoms with Crippen LogP contribution in [0.4, 0.5) is 0 Å². The van der Waals surface area contributed by atoms with Crippen molar-refractivity contribution in [3.63, 3.8) is 0 Å². The molecule has 0 atom stereocenters. The highest BCUT2D eigenvalue weighted by molar-refractivity contribution is 7.89. The van der Waals surface area contributed by atoms with E-state index in [0.29, 0.717) is 31.5 Å². The average Bonchev–Trinajstić information content (AvgIpc) is 2.79. The summed E-state index contributed by atoms with van der Waals surface area (Å²) in [5, 5.41) is 1.94. The van der Waals surface area contributed by atoms with Crippen molar-refractivity contribution in [2.24, 2.45) is 0 Å². The number of Topliss-reactive ketones (excluding diaryl/α,β-unsaturated/α-hetero) is 1. The molecule has 162 valence electrons. The van der Waals surface area contributed by atoms with Crippen molar-refractivity contribution in [2.75, 3.05) is 18.8 Å². The van der Waals surface area contributed by atoms with E-state index >= 15 is 0 Å². The van der Waals surface area contributed by atoms with Gasteiger partial charge in [-0.2, -0.15) is 0 Å². The van der Waals surface area contributed by atoms with Gasteiger partial charge in [0, 0.05) is 36.4 Å². The lowest BCUT2D eigenvalue weighted by Gasteiger charge is -2.31. The highest BCUT2D eigenvalue weighted by Crippen LogP contribution is 2.34. The van der Waals surface area contributed by atoms with Gasteiger partial charge < -0.3 is 4.74 Å². The molecule has 7 heteroatoms. The molecule has 1 aromatic heterocycles. The predicted molar refractivity (Wildman–Crippen MR) is 122 cm³/mol. The van der Waals surface area contributed by atoms with Crippen molar-refractivity contribution in [1.29, 1.82) is 0 Å². The zero-order valence-electron chi connectivity index (χ0n) is 17.7. The normalized spacial score (nSPS) is 15.8. The summed E-state index contributed by atoms with van der Waals surface area (Å²) in [6, 6.07) is 13.6. The summed E-state index contributed by atoms with van der Waals surface area (Å²) >= 11 is 0. The predicted octanol–water partition coefficient (Wildman–Crippen LogP) is 4.30. The molecule has 2 heterocycles. The Labute approximate surface area is 182 Å². The lowest BCUT2D eigenvalue weighted by molar-refractivity contribution is 0.101. The van der Waals surface area contributed by atoms with Crippen LogP contribution in [0.5, 0.6) is 5.75 Å². The second kappa shape index (κ2) is 8.77. The van der Waals surface area contributed by atoms with Gasteiger partial charge in [-0.3, -0.25) is 9.78 Å². The van der Waals surface area contributed by atoms with Gasteiger partial charge in [-0.25, -0.2) is 12.7 Å². The quantitative estimate of drug-likeness (QED) is 0.537.